The molecule has 0 bridgehead atoms. The summed E-state index contributed by atoms with van der Waals surface area (Å²) in [6, 6.07) is 17.7. The highest BCUT2D eigenvalue weighted by Gasteiger charge is 2.22. The minimum absolute atomic E-state index is 0.0381. The summed E-state index contributed by atoms with van der Waals surface area (Å²) in [6.07, 6.45) is -0.0546. The number of sulfone groups is 1. The lowest BCUT2D eigenvalue weighted by Gasteiger charge is -2.18. The number of carbonyl (C=O) groups is 1. The lowest BCUT2D eigenvalue weighted by Crippen LogP contribution is -2.32. The van der Waals surface area contributed by atoms with Crippen LogP contribution in [0, 0.1) is 0 Å². The highest BCUT2D eigenvalue weighted by Crippen LogP contribution is 2.29. The van der Waals surface area contributed by atoms with Crippen LogP contribution in [0.25, 0.3) is 0 Å². The molecule has 3 aromatic carbocycles. The molecule has 186 valence electrons. The summed E-state index contributed by atoms with van der Waals surface area (Å²) in [5.74, 6) is -0.564. The standard InChI is InChI=1S/C26H27Cl2NO5S/c1-3-34-26(31)20-9-12-25(23(28)15-20)35(32,33)22-10-7-18(8-11-22)13-17(2)29-16-24(30)19-5-4-6-21(27)14-19/h4-12,14-15,17,24,29-30H,3,13,16H2,1-2H3/t17-,24+/m1/s1. The van der Waals surface area contributed by atoms with Crippen molar-refractivity contribution in [2.24, 2.45) is 0 Å². The smallest absolute Gasteiger partial charge is 0.338 e. The Labute approximate surface area is 215 Å². The highest BCUT2D eigenvalue weighted by atomic mass is 35.5. The zero-order valence-corrected chi connectivity index (χ0v) is 21.7. The van der Waals surface area contributed by atoms with Crippen LogP contribution >= 0.6 is 23.2 Å². The number of hydrogen-bond acceptors (Lipinski definition) is 6. The van der Waals surface area contributed by atoms with Crippen LogP contribution in [0.1, 0.15) is 41.4 Å². The van der Waals surface area contributed by atoms with Gasteiger partial charge in [0.2, 0.25) is 9.84 Å². The molecule has 6 nitrogen and oxygen atoms in total. The zero-order valence-electron chi connectivity index (χ0n) is 19.4. The number of hydrogen-bond donors (Lipinski definition) is 2. The van der Waals surface area contributed by atoms with Crippen molar-refractivity contribution in [1.82, 2.24) is 5.32 Å². The fourth-order valence-corrected chi connectivity index (χ4v) is 5.56. The van der Waals surface area contributed by atoms with Gasteiger partial charge in [0.05, 0.1) is 33.1 Å². The van der Waals surface area contributed by atoms with Gasteiger partial charge in [0.1, 0.15) is 0 Å². The van der Waals surface area contributed by atoms with E-state index in [0.717, 1.165) is 11.1 Å². The molecule has 0 amide bonds. The number of nitrogens with one attached hydrogen (secondary N) is 1. The highest BCUT2D eigenvalue weighted by molar-refractivity contribution is 7.91. The average Bonchev–Trinajstić information content (AvgIpc) is 2.82. The molecule has 0 aliphatic rings. The van der Waals surface area contributed by atoms with Crippen LogP contribution in [0.4, 0.5) is 0 Å². The molecule has 0 fully saturated rings. The first-order chi connectivity index (χ1) is 16.6. The normalized spacial score (nSPS) is 13.3. The van der Waals surface area contributed by atoms with Crippen molar-refractivity contribution < 1.29 is 23.1 Å². The number of aliphatic hydroxyl groups excluding tert-OH is 1. The summed E-state index contributed by atoms with van der Waals surface area (Å²) in [5.41, 5.74) is 1.86. The van der Waals surface area contributed by atoms with E-state index < -0.39 is 21.9 Å². The number of ether oxygens (including phenoxy) is 1. The molecule has 0 aromatic heterocycles. The van der Waals surface area contributed by atoms with Gasteiger partial charge in [-0.2, -0.15) is 0 Å². The summed E-state index contributed by atoms with van der Waals surface area (Å²) in [5, 5.41) is 14.2. The third kappa shape index (κ3) is 7.06. The SMILES string of the molecule is CCOC(=O)c1ccc(S(=O)(=O)c2ccc(C[C@@H](C)NC[C@H](O)c3cccc(Cl)c3)cc2)c(Cl)c1. The van der Waals surface area contributed by atoms with Crippen molar-refractivity contribution in [2.75, 3.05) is 13.2 Å². The van der Waals surface area contributed by atoms with E-state index in [1.165, 1.54) is 30.3 Å². The predicted octanol–water partition coefficient (Wildman–Crippen LogP) is 5.26. The molecule has 2 N–H and O–H groups in total. The van der Waals surface area contributed by atoms with E-state index in [-0.39, 0.29) is 33.0 Å². The van der Waals surface area contributed by atoms with Gasteiger partial charge in [-0.25, -0.2) is 13.2 Å². The van der Waals surface area contributed by atoms with E-state index in [0.29, 0.717) is 18.0 Å². The van der Waals surface area contributed by atoms with E-state index in [9.17, 15) is 18.3 Å². The van der Waals surface area contributed by atoms with Crippen LogP contribution in [0.5, 0.6) is 0 Å². The van der Waals surface area contributed by atoms with E-state index in [1.807, 2.05) is 13.0 Å². The Balaban J connectivity index is 1.64. The first-order valence-electron chi connectivity index (χ1n) is 11.1. The number of halogens is 2. The third-order valence-corrected chi connectivity index (χ3v) is 7.89. The lowest BCUT2D eigenvalue weighted by atomic mass is 10.1. The summed E-state index contributed by atoms with van der Waals surface area (Å²) < 4.78 is 31.1. The summed E-state index contributed by atoms with van der Waals surface area (Å²) in [6.45, 7) is 4.23. The van der Waals surface area contributed by atoms with Crippen LogP contribution in [-0.4, -0.2) is 38.7 Å². The molecule has 3 aromatic rings. The minimum atomic E-state index is -3.87. The van der Waals surface area contributed by atoms with E-state index in [1.54, 1.807) is 37.3 Å². The van der Waals surface area contributed by atoms with Crippen LogP contribution in [-0.2, 0) is 21.0 Å². The molecule has 0 aliphatic carbocycles. The number of esters is 1. The number of aliphatic hydroxyl groups is 1. The van der Waals surface area contributed by atoms with Gasteiger partial charge in [0.25, 0.3) is 0 Å². The maximum atomic E-state index is 13.1. The van der Waals surface area contributed by atoms with Crippen LogP contribution in [0.3, 0.4) is 0 Å². The van der Waals surface area contributed by atoms with Gasteiger partial charge in [-0.15, -0.1) is 0 Å². The largest absolute Gasteiger partial charge is 0.462 e. The fraction of sp³-hybridized carbons (Fsp3) is 0.269. The minimum Gasteiger partial charge on any atom is -0.462 e. The summed E-state index contributed by atoms with van der Waals surface area (Å²) >= 11 is 12.2. The molecule has 9 heteroatoms. The second-order valence-electron chi connectivity index (χ2n) is 8.10. The zero-order chi connectivity index (χ0) is 25.6. The average molecular weight is 536 g/mol. The molecular weight excluding hydrogens is 509 g/mol. The first-order valence-corrected chi connectivity index (χ1v) is 13.3. The van der Waals surface area contributed by atoms with Crippen molar-refractivity contribution >= 4 is 39.0 Å². The van der Waals surface area contributed by atoms with Crippen molar-refractivity contribution in [3.05, 3.63) is 93.5 Å². The number of carbonyl (C=O) groups excluding carboxylic acids is 1. The number of rotatable bonds is 10. The Morgan fingerprint density at radius 3 is 2.40 bits per heavy atom. The van der Waals surface area contributed by atoms with Gasteiger partial charge in [-0.1, -0.05) is 47.5 Å². The maximum Gasteiger partial charge on any atom is 0.338 e. The summed E-state index contributed by atoms with van der Waals surface area (Å²) in [7, 11) is -3.87. The molecule has 0 unspecified atom stereocenters. The van der Waals surface area contributed by atoms with Crippen LogP contribution in [0.2, 0.25) is 10.0 Å². The Morgan fingerprint density at radius 2 is 1.77 bits per heavy atom. The van der Waals surface area contributed by atoms with Crippen molar-refractivity contribution in [3.8, 4) is 0 Å². The molecule has 0 saturated carbocycles. The molecule has 3 rings (SSSR count). The molecular formula is C26H27Cl2NO5S. The fourth-order valence-electron chi connectivity index (χ4n) is 3.56. The van der Waals surface area contributed by atoms with Gasteiger partial charge >= 0.3 is 5.97 Å². The molecule has 0 heterocycles. The molecule has 0 spiro atoms. The topological polar surface area (TPSA) is 92.7 Å². The first kappa shape index (κ1) is 27.2. The van der Waals surface area contributed by atoms with Crippen LogP contribution in [0.15, 0.2) is 76.5 Å². The van der Waals surface area contributed by atoms with Gasteiger partial charge in [-0.05, 0) is 73.9 Å². The Kier molecular flexibility index (Phi) is 9.33. The van der Waals surface area contributed by atoms with E-state index in [2.05, 4.69) is 5.32 Å². The molecule has 0 aliphatic heterocycles. The molecule has 2 atom stereocenters. The van der Waals surface area contributed by atoms with Gasteiger partial charge in [0.15, 0.2) is 0 Å². The number of benzene rings is 3. The Bertz CT molecular complexity index is 1280. The lowest BCUT2D eigenvalue weighted by molar-refractivity contribution is 0.0526. The Morgan fingerprint density at radius 1 is 1.06 bits per heavy atom. The molecule has 35 heavy (non-hydrogen) atoms. The maximum absolute atomic E-state index is 13.1. The Hall–Kier alpha value is -2.42. The van der Waals surface area contributed by atoms with Gasteiger partial charge < -0.3 is 15.2 Å². The predicted molar refractivity (Wildman–Crippen MR) is 137 cm³/mol. The van der Waals surface area contributed by atoms with Crippen molar-refractivity contribution in [1.29, 1.82) is 0 Å². The van der Waals surface area contributed by atoms with E-state index in [4.69, 9.17) is 27.9 Å². The van der Waals surface area contributed by atoms with Gasteiger partial charge in [-0.3, -0.25) is 0 Å². The van der Waals surface area contributed by atoms with Crippen molar-refractivity contribution in [2.45, 2.75) is 42.2 Å². The monoisotopic (exact) mass is 535 g/mol. The molecule has 0 saturated heterocycles. The second-order valence-corrected chi connectivity index (χ2v) is 10.9. The molecule has 0 radical (unpaired) electrons. The van der Waals surface area contributed by atoms with Crippen molar-refractivity contribution in [3.63, 3.8) is 0 Å². The van der Waals surface area contributed by atoms with Crippen LogP contribution < -0.4 is 5.32 Å². The van der Waals surface area contributed by atoms with Gasteiger partial charge in [0, 0.05) is 17.6 Å². The second kappa shape index (κ2) is 12.0. The van der Waals surface area contributed by atoms with E-state index >= 15 is 0 Å². The summed E-state index contributed by atoms with van der Waals surface area (Å²) in [4.78, 5) is 11.9. The quantitative estimate of drug-likeness (QED) is 0.344. The third-order valence-electron chi connectivity index (χ3n) is 5.40.